The van der Waals surface area contributed by atoms with Crippen LogP contribution in [0.3, 0.4) is 0 Å². The fourth-order valence-electron chi connectivity index (χ4n) is 2.40. The maximum absolute atomic E-state index is 12.5. The zero-order valence-electron chi connectivity index (χ0n) is 15.3. The quantitative estimate of drug-likeness (QED) is 0.669. The van der Waals surface area contributed by atoms with Crippen LogP contribution < -0.4 is 10.1 Å². The first-order valence-corrected chi connectivity index (χ1v) is 8.73. The molecular formula is C19H30N2O3. The first-order chi connectivity index (χ1) is 11.5. The Kier molecular flexibility index (Phi) is 8.90. The molecule has 1 rings (SSSR count). The predicted octanol–water partition coefficient (Wildman–Crippen LogP) is 3.13. The minimum atomic E-state index is -0.483. The van der Waals surface area contributed by atoms with Gasteiger partial charge in [-0.3, -0.25) is 9.59 Å². The van der Waals surface area contributed by atoms with Crippen molar-refractivity contribution >= 4 is 11.8 Å². The van der Waals surface area contributed by atoms with Gasteiger partial charge in [0.1, 0.15) is 11.8 Å². The van der Waals surface area contributed by atoms with Gasteiger partial charge in [-0.25, -0.2) is 0 Å². The lowest BCUT2D eigenvalue weighted by Crippen LogP contribution is -2.47. The number of benzene rings is 1. The van der Waals surface area contributed by atoms with Gasteiger partial charge in [-0.15, -0.1) is 0 Å². The standard InChI is InChI=1S/C19H30N2O3/c1-5-7-13-20-19(23)15(3)21(18(22)8-6-2)14-16-9-11-17(24-4)12-10-16/h9-12,15H,5-8,13-14H2,1-4H3,(H,20,23). The third-order valence-electron chi connectivity index (χ3n) is 3.97. The van der Waals surface area contributed by atoms with Crippen molar-refractivity contribution in [1.82, 2.24) is 10.2 Å². The number of carbonyl (C=O) groups excluding carboxylic acids is 2. The van der Waals surface area contributed by atoms with Crippen molar-refractivity contribution in [3.63, 3.8) is 0 Å². The van der Waals surface area contributed by atoms with Crippen molar-refractivity contribution in [2.45, 2.75) is 59.0 Å². The summed E-state index contributed by atoms with van der Waals surface area (Å²) >= 11 is 0. The highest BCUT2D eigenvalue weighted by Gasteiger charge is 2.25. The Balaban J connectivity index is 2.81. The van der Waals surface area contributed by atoms with Gasteiger partial charge >= 0.3 is 0 Å². The molecule has 2 amide bonds. The number of methoxy groups -OCH3 is 1. The van der Waals surface area contributed by atoms with Crippen LogP contribution in [0, 0.1) is 0 Å². The molecule has 0 aliphatic heterocycles. The Morgan fingerprint density at radius 1 is 1.17 bits per heavy atom. The average Bonchev–Trinajstić information content (AvgIpc) is 2.59. The molecule has 0 aromatic heterocycles. The first-order valence-electron chi connectivity index (χ1n) is 8.73. The molecule has 1 unspecified atom stereocenters. The molecule has 0 saturated heterocycles. The zero-order chi connectivity index (χ0) is 17.9. The number of hydrogen-bond donors (Lipinski definition) is 1. The van der Waals surface area contributed by atoms with Crippen LogP contribution in [0.2, 0.25) is 0 Å². The molecule has 0 heterocycles. The number of amides is 2. The van der Waals surface area contributed by atoms with Crippen molar-refractivity contribution in [2.24, 2.45) is 0 Å². The van der Waals surface area contributed by atoms with Crippen LogP contribution in [0.25, 0.3) is 0 Å². The number of nitrogens with one attached hydrogen (secondary N) is 1. The molecular weight excluding hydrogens is 304 g/mol. The summed E-state index contributed by atoms with van der Waals surface area (Å²) in [6.07, 6.45) is 3.18. The van der Waals surface area contributed by atoms with Gasteiger partial charge in [-0.05, 0) is 37.5 Å². The van der Waals surface area contributed by atoms with Crippen LogP contribution in [0.5, 0.6) is 5.75 Å². The summed E-state index contributed by atoms with van der Waals surface area (Å²) in [5, 5.41) is 2.91. The van der Waals surface area contributed by atoms with E-state index in [2.05, 4.69) is 12.2 Å². The van der Waals surface area contributed by atoms with E-state index in [0.717, 1.165) is 30.6 Å². The maximum Gasteiger partial charge on any atom is 0.242 e. The Morgan fingerprint density at radius 3 is 2.38 bits per heavy atom. The number of ether oxygens (including phenoxy) is 1. The summed E-state index contributed by atoms with van der Waals surface area (Å²) in [7, 11) is 1.62. The zero-order valence-corrected chi connectivity index (χ0v) is 15.3. The van der Waals surface area contributed by atoms with Crippen molar-refractivity contribution in [1.29, 1.82) is 0 Å². The minimum Gasteiger partial charge on any atom is -0.497 e. The SMILES string of the molecule is CCCCNC(=O)C(C)N(Cc1ccc(OC)cc1)C(=O)CCC. The van der Waals surface area contributed by atoms with E-state index in [1.165, 1.54) is 0 Å². The molecule has 0 spiro atoms. The second-order valence-corrected chi connectivity index (χ2v) is 5.94. The summed E-state index contributed by atoms with van der Waals surface area (Å²) in [5.41, 5.74) is 0.980. The Labute approximate surface area is 145 Å². The number of nitrogens with zero attached hydrogens (tertiary/aromatic N) is 1. The third-order valence-corrected chi connectivity index (χ3v) is 3.97. The third kappa shape index (κ3) is 6.22. The van der Waals surface area contributed by atoms with Gasteiger partial charge in [0.05, 0.1) is 7.11 Å². The summed E-state index contributed by atoms with van der Waals surface area (Å²) in [6, 6.07) is 7.09. The van der Waals surface area contributed by atoms with Crippen LogP contribution in [-0.2, 0) is 16.1 Å². The maximum atomic E-state index is 12.5. The molecule has 1 aromatic carbocycles. The molecule has 1 atom stereocenters. The van der Waals surface area contributed by atoms with Crippen LogP contribution in [0.4, 0.5) is 0 Å². The normalized spacial score (nSPS) is 11.7. The Morgan fingerprint density at radius 2 is 1.83 bits per heavy atom. The number of carbonyl (C=O) groups is 2. The largest absolute Gasteiger partial charge is 0.497 e. The van der Waals surface area contributed by atoms with Crippen molar-refractivity contribution in [3.8, 4) is 5.75 Å². The molecule has 0 aliphatic rings. The predicted molar refractivity (Wildman–Crippen MR) is 95.8 cm³/mol. The monoisotopic (exact) mass is 334 g/mol. The summed E-state index contributed by atoms with van der Waals surface area (Å²) in [6.45, 7) is 6.91. The van der Waals surface area contributed by atoms with Crippen molar-refractivity contribution < 1.29 is 14.3 Å². The van der Waals surface area contributed by atoms with Gasteiger partial charge in [0.15, 0.2) is 0 Å². The molecule has 0 radical (unpaired) electrons. The molecule has 24 heavy (non-hydrogen) atoms. The highest BCUT2D eigenvalue weighted by atomic mass is 16.5. The van der Waals surface area contributed by atoms with Crippen molar-refractivity contribution in [3.05, 3.63) is 29.8 Å². The Bertz CT molecular complexity index is 514. The van der Waals surface area contributed by atoms with Gasteiger partial charge in [-0.1, -0.05) is 32.4 Å². The van der Waals surface area contributed by atoms with Gasteiger partial charge in [-0.2, -0.15) is 0 Å². The highest BCUT2D eigenvalue weighted by molar-refractivity contribution is 5.87. The fraction of sp³-hybridized carbons (Fsp3) is 0.579. The summed E-state index contributed by atoms with van der Waals surface area (Å²) < 4.78 is 5.16. The number of unbranched alkanes of at least 4 members (excludes halogenated alkanes) is 1. The lowest BCUT2D eigenvalue weighted by Gasteiger charge is -2.29. The van der Waals surface area contributed by atoms with Crippen molar-refractivity contribution in [2.75, 3.05) is 13.7 Å². The smallest absolute Gasteiger partial charge is 0.242 e. The van der Waals surface area contributed by atoms with Gasteiger partial charge in [0.25, 0.3) is 0 Å². The molecule has 5 heteroatoms. The molecule has 1 N–H and O–H groups in total. The Hall–Kier alpha value is -2.04. The van der Waals surface area contributed by atoms with Crippen LogP contribution in [-0.4, -0.2) is 36.4 Å². The van der Waals surface area contributed by atoms with E-state index in [0.29, 0.717) is 19.5 Å². The van der Waals surface area contributed by atoms with Crippen LogP contribution in [0.15, 0.2) is 24.3 Å². The van der Waals surface area contributed by atoms with E-state index in [9.17, 15) is 9.59 Å². The topological polar surface area (TPSA) is 58.6 Å². The van der Waals surface area contributed by atoms with E-state index in [1.54, 1.807) is 18.9 Å². The molecule has 0 bridgehead atoms. The molecule has 5 nitrogen and oxygen atoms in total. The fourth-order valence-corrected chi connectivity index (χ4v) is 2.40. The highest BCUT2D eigenvalue weighted by Crippen LogP contribution is 2.15. The van der Waals surface area contributed by atoms with Crippen LogP contribution >= 0.6 is 0 Å². The van der Waals surface area contributed by atoms with Gasteiger partial charge in [0.2, 0.25) is 11.8 Å². The van der Waals surface area contributed by atoms with Gasteiger partial charge in [0, 0.05) is 19.5 Å². The lowest BCUT2D eigenvalue weighted by molar-refractivity contribution is -0.140. The summed E-state index contributed by atoms with van der Waals surface area (Å²) in [5.74, 6) is 0.684. The van der Waals surface area contributed by atoms with Gasteiger partial charge < -0.3 is 15.0 Å². The van der Waals surface area contributed by atoms with E-state index in [-0.39, 0.29) is 11.8 Å². The number of hydrogen-bond acceptors (Lipinski definition) is 3. The lowest BCUT2D eigenvalue weighted by atomic mass is 10.1. The number of rotatable bonds is 10. The van der Waals surface area contributed by atoms with E-state index < -0.39 is 6.04 Å². The molecule has 0 fully saturated rings. The van der Waals surface area contributed by atoms with Crippen LogP contribution in [0.1, 0.15) is 52.0 Å². The van der Waals surface area contributed by atoms with E-state index in [1.807, 2.05) is 31.2 Å². The van der Waals surface area contributed by atoms with E-state index in [4.69, 9.17) is 4.74 Å². The second kappa shape index (κ2) is 10.7. The molecule has 0 saturated carbocycles. The molecule has 134 valence electrons. The molecule has 1 aromatic rings. The summed E-state index contributed by atoms with van der Waals surface area (Å²) in [4.78, 5) is 26.5. The molecule has 0 aliphatic carbocycles. The first kappa shape index (κ1) is 20.0. The minimum absolute atomic E-state index is 0.00598. The second-order valence-electron chi connectivity index (χ2n) is 5.94. The average molecular weight is 334 g/mol. The van der Waals surface area contributed by atoms with E-state index >= 15 is 0 Å².